The van der Waals surface area contributed by atoms with Crippen LogP contribution < -0.4 is 16.8 Å². The van der Waals surface area contributed by atoms with Crippen LogP contribution in [0.25, 0.3) is 0 Å². The molecule has 130 valence electrons. The molecule has 0 aliphatic carbocycles. The lowest BCUT2D eigenvalue weighted by Gasteiger charge is -2.11. The Morgan fingerprint density at radius 1 is 0.962 bits per heavy atom. The molecule has 2 rings (SSSR count). The summed E-state index contributed by atoms with van der Waals surface area (Å²) in [4.78, 5) is 22.9. The van der Waals surface area contributed by atoms with Gasteiger partial charge in [0.25, 0.3) is 5.91 Å². The van der Waals surface area contributed by atoms with Crippen molar-refractivity contribution in [3.8, 4) is 23.7 Å². The molecule has 0 heterocycles. The molecule has 0 saturated carbocycles. The average molecular weight is 347 g/mol. The van der Waals surface area contributed by atoms with E-state index in [2.05, 4.69) is 29.0 Å². The van der Waals surface area contributed by atoms with Crippen LogP contribution in [0.4, 0.5) is 5.69 Å². The first-order valence-corrected chi connectivity index (χ1v) is 7.71. The van der Waals surface area contributed by atoms with Crippen molar-refractivity contribution < 1.29 is 14.7 Å². The Bertz CT molecular complexity index is 911. The van der Waals surface area contributed by atoms with Gasteiger partial charge in [0.1, 0.15) is 6.04 Å². The number of nitrogens with two attached hydrogens (primary N) is 2. The van der Waals surface area contributed by atoms with Gasteiger partial charge in [-0.05, 0) is 60.4 Å². The number of benzene rings is 2. The van der Waals surface area contributed by atoms with Gasteiger partial charge >= 0.3 is 5.97 Å². The lowest BCUT2D eigenvalue weighted by molar-refractivity contribution is -0.138. The number of carboxylic acids is 1. The molecule has 0 aromatic heterocycles. The van der Waals surface area contributed by atoms with E-state index in [0.717, 1.165) is 5.56 Å². The van der Waals surface area contributed by atoms with Gasteiger partial charge in [-0.2, -0.15) is 0 Å². The van der Waals surface area contributed by atoms with Crippen LogP contribution in [0.15, 0.2) is 48.5 Å². The minimum atomic E-state index is -1.18. The van der Waals surface area contributed by atoms with Crippen LogP contribution in [-0.2, 0) is 4.79 Å². The molecule has 2 aromatic carbocycles. The Balaban J connectivity index is 2.01. The molecule has 0 aliphatic rings. The normalized spacial score (nSPS) is 10.5. The molecule has 26 heavy (non-hydrogen) atoms. The number of carboxylic acid groups (broad SMARTS) is 1. The van der Waals surface area contributed by atoms with E-state index >= 15 is 0 Å². The maximum atomic E-state index is 12.0. The fourth-order valence-corrected chi connectivity index (χ4v) is 1.94. The largest absolute Gasteiger partial charge is 0.480 e. The summed E-state index contributed by atoms with van der Waals surface area (Å²) in [5.41, 5.74) is 13.4. The molecule has 6 N–H and O–H groups in total. The molecule has 1 amide bonds. The van der Waals surface area contributed by atoms with Gasteiger partial charge in [-0.1, -0.05) is 11.8 Å². The first-order chi connectivity index (χ1) is 12.5. The minimum Gasteiger partial charge on any atom is -0.480 e. The molecule has 0 bridgehead atoms. The van der Waals surface area contributed by atoms with Crippen molar-refractivity contribution in [2.45, 2.75) is 6.04 Å². The highest BCUT2D eigenvalue weighted by Gasteiger charge is 2.18. The van der Waals surface area contributed by atoms with E-state index in [-0.39, 0.29) is 6.54 Å². The monoisotopic (exact) mass is 347 g/mol. The summed E-state index contributed by atoms with van der Waals surface area (Å²) < 4.78 is 0. The number of aliphatic carboxylic acids is 1. The molecular weight excluding hydrogens is 330 g/mol. The Morgan fingerprint density at radius 2 is 1.46 bits per heavy atom. The number of anilines is 1. The lowest BCUT2D eigenvalue weighted by atomic mass is 10.1. The maximum Gasteiger partial charge on any atom is 0.327 e. The molecule has 0 unspecified atom stereocenters. The number of carbonyl (C=O) groups excluding carboxylic acids is 1. The number of rotatable bonds is 4. The molecule has 6 nitrogen and oxygen atoms in total. The van der Waals surface area contributed by atoms with Crippen molar-refractivity contribution in [1.82, 2.24) is 5.32 Å². The highest BCUT2D eigenvalue weighted by atomic mass is 16.4. The molecule has 0 radical (unpaired) electrons. The van der Waals surface area contributed by atoms with Crippen molar-refractivity contribution in [3.05, 3.63) is 65.2 Å². The third-order valence-electron chi connectivity index (χ3n) is 3.37. The molecule has 0 saturated heterocycles. The van der Waals surface area contributed by atoms with Gasteiger partial charge in [0.05, 0.1) is 0 Å². The molecule has 2 aromatic rings. The predicted molar refractivity (Wildman–Crippen MR) is 99.0 cm³/mol. The number of hydrogen-bond acceptors (Lipinski definition) is 4. The number of nitrogens with one attached hydrogen (secondary N) is 1. The van der Waals surface area contributed by atoms with E-state index in [0.29, 0.717) is 16.8 Å². The Morgan fingerprint density at radius 3 is 1.92 bits per heavy atom. The van der Waals surface area contributed by atoms with Gasteiger partial charge < -0.3 is 21.9 Å². The van der Waals surface area contributed by atoms with Crippen LogP contribution in [0.1, 0.15) is 21.5 Å². The van der Waals surface area contributed by atoms with E-state index in [1.807, 2.05) is 12.1 Å². The second-order valence-corrected chi connectivity index (χ2v) is 5.30. The quantitative estimate of drug-likeness (QED) is 0.482. The van der Waals surface area contributed by atoms with E-state index in [1.165, 1.54) is 0 Å². The van der Waals surface area contributed by atoms with E-state index < -0.39 is 17.9 Å². The zero-order valence-corrected chi connectivity index (χ0v) is 13.8. The molecule has 0 spiro atoms. The fraction of sp³-hybridized carbons (Fsp3) is 0.100. The van der Waals surface area contributed by atoms with Crippen molar-refractivity contribution in [3.63, 3.8) is 0 Å². The number of carbonyl (C=O) groups is 2. The van der Waals surface area contributed by atoms with E-state index in [9.17, 15) is 9.59 Å². The maximum absolute atomic E-state index is 12.0. The first-order valence-electron chi connectivity index (χ1n) is 7.71. The van der Waals surface area contributed by atoms with Crippen molar-refractivity contribution in [1.29, 1.82) is 0 Å². The first kappa shape index (κ1) is 18.6. The van der Waals surface area contributed by atoms with Gasteiger partial charge in [-0.25, -0.2) is 4.79 Å². The summed E-state index contributed by atoms with van der Waals surface area (Å²) in [5.74, 6) is 9.56. The minimum absolute atomic E-state index is 0.183. The third-order valence-corrected chi connectivity index (χ3v) is 3.37. The third kappa shape index (κ3) is 5.41. The van der Waals surface area contributed by atoms with Gasteiger partial charge in [-0.3, -0.25) is 4.79 Å². The van der Waals surface area contributed by atoms with Crippen molar-refractivity contribution in [2.24, 2.45) is 5.73 Å². The van der Waals surface area contributed by atoms with Crippen LogP contribution in [0, 0.1) is 23.7 Å². The Hall–Kier alpha value is -3.74. The zero-order valence-electron chi connectivity index (χ0n) is 13.8. The summed E-state index contributed by atoms with van der Waals surface area (Å²) in [6.45, 7) is -0.183. The predicted octanol–water partition coefficient (Wildman–Crippen LogP) is 0.814. The van der Waals surface area contributed by atoms with Crippen LogP contribution in [-0.4, -0.2) is 29.6 Å². The van der Waals surface area contributed by atoms with Crippen LogP contribution in [0.5, 0.6) is 0 Å². The highest BCUT2D eigenvalue weighted by Crippen LogP contribution is 2.04. The zero-order chi connectivity index (χ0) is 18.9. The summed E-state index contributed by atoms with van der Waals surface area (Å²) in [5, 5.41) is 11.2. The van der Waals surface area contributed by atoms with Gasteiger partial charge in [0.15, 0.2) is 0 Å². The summed E-state index contributed by atoms with van der Waals surface area (Å²) in [6, 6.07) is 12.5. The number of hydrogen-bond donors (Lipinski definition) is 4. The molecule has 6 heteroatoms. The van der Waals surface area contributed by atoms with E-state index in [1.54, 1.807) is 36.4 Å². The summed E-state index contributed by atoms with van der Waals surface area (Å²) in [6.07, 6.45) is 0. The second kappa shape index (κ2) is 8.93. The Kier molecular flexibility index (Phi) is 6.39. The average Bonchev–Trinajstić information content (AvgIpc) is 2.64. The standard InChI is InChI=1S/C20H17N3O3/c21-13-18(20(25)26)23-19(24)16-9-5-14(6-10-16)3-1-2-4-15-7-11-17(22)12-8-15/h5-12,18H,13,21-22H2,(H,23,24)(H,25,26)/t18-/m0/s1. The topological polar surface area (TPSA) is 118 Å². The SMILES string of the molecule is NC[C@H](NC(=O)c1ccc(C#CC#Cc2ccc(N)cc2)cc1)C(=O)O. The van der Waals surface area contributed by atoms with Crippen LogP contribution >= 0.6 is 0 Å². The number of amides is 1. The van der Waals surface area contributed by atoms with Crippen LogP contribution in [0.3, 0.4) is 0 Å². The second-order valence-electron chi connectivity index (χ2n) is 5.30. The summed E-state index contributed by atoms with van der Waals surface area (Å²) >= 11 is 0. The smallest absolute Gasteiger partial charge is 0.327 e. The Labute approximate surface area is 151 Å². The molecule has 0 aliphatic heterocycles. The van der Waals surface area contributed by atoms with Gasteiger partial charge in [0.2, 0.25) is 0 Å². The molecule has 0 fully saturated rings. The van der Waals surface area contributed by atoms with Gasteiger partial charge in [-0.15, -0.1) is 0 Å². The van der Waals surface area contributed by atoms with Crippen molar-refractivity contribution in [2.75, 3.05) is 12.3 Å². The molecular formula is C20H17N3O3. The van der Waals surface area contributed by atoms with Crippen molar-refractivity contribution >= 4 is 17.6 Å². The number of nitrogen functional groups attached to an aromatic ring is 1. The van der Waals surface area contributed by atoms with Crippen LogP contribution in [0.2, 0.25) is 0 Å². The lowest BCUT2D eigenvalue weighted by Crippen LogP contribution is -2.45. The molecule has 1 atom stereocenters. The van der Waals surface area contributed by atoms with E-state index in [4.69, 9.17) is 16.6 Å². The fourth-order valence-electron chi connectivity index (χ4n) is 1.94. The highest BCUT2D eigenvalue weighted by molar-refractivity contribution is 5.96. The van der Waals surface area contributed by atoms with Gasteiger partial charge in [0, 0.05) is 28.9 Å². The summed E-state index contributed by atoms with van der Waals surface area (Å²) in [7, 11) is 0.